The lowest BCUT2D eigenvalue weighted by molar-refractivity contribution is -0.137. The summed E-state index contributed by atoms with van der Waals surface area (Å²) >= 11 is 1.69. The van der Waals surface area contributed by atoms with E-state index in [0.717, 1.165) is 41.5 Å². The number of nitrogens with zero attached hydrogens (tertiary/aromatic N) is 3. The van der Waals surface area contributed by atoms with Gasteiger partial charge in [-0.05, 0) is 39.4 Å². The number of amides is 1. The van der Waals surface area contributed by atoms with E-state index in [1.165, 1.54) is 0 Å². The fraction of sp³-hybridized carbons (Fsp3) is 0.556. The Morgan fingerprint density at radius 3 is 2.88 bits per heavy atom. The Labute approximate surface area is 147 Å². The van der Waals surface area contributed by atoms with E-state index in [0.29, 0.717) is 18.5 Å². The molecule has 0 bridgehead atoms. The molecule has 1 aliphatic rings. The Hall–Kier alpha value is -1.53. The van der Waals surface area contributed by atoms with E-state index in [-0.39, 0.29) is 5.91 Å². The zero-order chi connectivity index (χ0) is 17.1. The third kappa shape index (κ3) is 3.75. The molecule has 2 atom stereocenters. The first kappa shape index (κ1) is 17.3. The molecular weight excluding hydrogens is 320 g/mol. The third-order valence-corrected chi connectivity index (χ3v) is 6.00. The average molecular weight is 347 g/mol. The highest BCUT2D eigenvalue weighted by molar-refractivity contribution is 7.99. The van der Waals surface area contributed by atoms with Crippen molar-refractivity contribution in [3.05, 3.63) is 24.3 Å². The molecule has 1 fully saturated rings. The zero-order valence-corrected chi connectivity index (χ0v) is 15.5. The van der Waals surface area contributed by atoms with Gasteiger partial charge in [0.2, 0.25) is 5.91 Å². The van der Waals surface area contributed by atoms with Crippen LogP contribution in [0.1, 0.15) is 26.7 Å². The number of carbonyl (C=O) groups is 1. The number of carbonyl (C=O) groups excluding carboxylic acids is 1. The maximum absolute atomic E-state index is 12.5. The van der Waals surface area contributed by atoms with Gasteiger partial charge >= 0.3 is 0 Å². The van der Waals surface area contributed by atoms with Crippen LogP contribution in [0.5, 0.6) is 0 Å². The standard InChI is InChI=1S/C18H26N4OS/c1-13-14(2)22(11-10-21(13)3)17(23)9-6-12-24-18-19-15-7-4-5-8-16(15)20-18/h4-5,7-8,13-14H,6,9-12H2,1-3H3,(H,19,20)/t13-,14-/m0/s1. The van der Waals surface area contributed by atoms with Crippen LogP contribution in [0.15, 0.2) is 29.4 Å². The number of H-pyrrole nitrogens is 1. The van der Waals surface area contributed by atoms with Gasteiger partial charge in [0, 0.05) is 37.3 Å². The highest BCUT2D eigenvalue weighted by Crippen LogP contribution is 2.21. The quantitative estimate of drug-likeness (QED) is 0.668. The minimum Gasteiger partial charge on any atom is -0.337 e. The molecule has 0 aliphatic carbocycles. The van der Waals surface area contributed by atoms with Crippen LogP contribution in [0.3, 0.4) is 0 Å². The number of imidazole rings is 1. The first-order valence-electron chi connectivity index (χ1n) is 8.63. The van der Waals surface area contributed by atoms with Crippen molar-refractivity contribution < 1.29 is 4.79 Å². The molecule has 0 spiro atoms. The lowest BCUT2D eigenvalue weighted by Crippen LogP contribution is -2.57. The van der Waals surface area contributed by atoms with E-state index in [2.05, 4.69) is 40.7 Å². The number of fused-ring (bicyclic) bond motifs is 1. The van der Waals surface area contributed by atoms with E-state index in [1.54, 1.807) is 11.8 Å². The van der Waals surface area contributed by atoms with Gasteiger partial charge in [-0.25, -0.2) is 4.98 Å². The summed E-state index contributed by atoms with van der Waals surface area (Å²) in [6.45, 7) is 6.16. The number of piperazine rings is 1. The maximum atomic E-state index is 12.5. The summed E-state index contributed by atoms with van der Waals surface area (Å²) in [5, 5.41) is 0.935. The van der Waals surface area contributed by atoms with E-state index in [9.17, 15) is 4.79 Å². The second-order valence-corrected chi connectivity index (χ2v) is 7.64. The minimum absolute atomic E-state index is 0.285. The normalized spacial score (nSPS) is 22.2. The van der Waals surface area contributed by atoms with Gasteiger partial charge in [-0.1, -0.05) is 23.9 Å². The molecule has 0 saturated carbocycles. The lowest BCUT2D eigenvalue weighted by Gasteiger charge is -2.43. The Balaban J connectivity index is 1.45. The Kier molecular flexibility index (Phi) is 5.46. The monoisotopic (exact) mass is 346 g/mol. The summed E-state index contributed by atoms with van der Waals surface area (Å²) in [4.78, 5) is 24.7. The summed E-state index contributed by atoms with van der Waals surface area (Å²) < 4.78 is 0. The summed E-state index contributed by atoms with van der Waals surface area (Å²) in [7, 11) is 2.13. The first-order chi connectivity index (χ1) is 11.6. The van der Waals surface area contributed by atoms with E-state index >= 15 is 0 Å². The van der Waals surface area contributed by atoms with Crippen molar-refractivity contribution >= 4 is 28.7 Å². The SMILES string of the molecule is C[C@H]1[C@H](C)N(C(=O)CCCSc2nc3ccccc3[nH]2)CCN1C. The number of aromatic nitrogens is 2. The summed E-state index contributed by atoms with van der Waals surface area (Å²) in [6.07, 6.45) is 1.50. The molecular formula is C18H26N4OS. The first-order valence-corrected chi connectivity index (χ1v) is 9.62. The van der Waals surface area contributed by atoms with Gasteiger partial charge in [0.1, 0.15) is 0 Å². The van der Waals surface area contributed by atoms with Gasteiger partial charge in [0.15, 0.2) is 5.16 Å². The van der Waals surface area contributed by atoms with E-state index in [1.807, 2.05) is 24.3 Å². The number of thioether (sulfide) groups is 1. The predicted octanol–water partition coefficient (Wildman–Crippen LogP) is 2.99. The molecule has 2 heterocycles. The molecule has 1 aromatic carbocycles. The molecule has 0 unspecified atom stereocenters. The van der Waals surface area contributed by atoms with Gasteiger partial charge < -0.3 is 9.88 Å². The maximum Gasteiger partial charge on any atom is 0.222 e. The fourth-order valence-electron chi connectivity index (χ4n) is 3.19. The number of benzene rings is 1. The van der Waals surface area contributed by atoms with Gasteiger partial charge in [-0.3, -0.25) is 9.69 Å². The van der Waals surface area contributed by atoms with Crippen LogP contribution in [0, 0.1) is 0 Å². The summed E-state index contributed by atoms with van der Waals surface area (Å²) in [6, 6.07) is 8.76. The topological polar surface area (TPSA) is 52.2 Å². The Morgan fingerprint density at radius 1 is 1.29 bits per heavy atom. The Morgan fingerprint density at radius 2 is 2.08 bits per heavy atom. The van der Waals surface area contributed by atoms with Gasteiger partial charge in [-0.15, -0.1) is 0 Å². The van der Waals surface area contributed by atoms with E-state index < -0.39 is 0 Å². The van der Waals surface area contributed by atoms with Crippen LogP contribution in [0.2, 0.25) is 0 Å². The van der Waals surface area contributed by atoms with Crippen LogP contribution in [0.4, 0.5) is 0 Å². The molecule has 1 amide bonds. The van der Waals surface area contributed by atoms with Crippen molar-refractivity contribution in [2.75, 3.05) is 25.9 Å². The molecule has 1 N–H and O–H groups in total. The molecule has 1 aromatic heterocycles. The Bertz CT molecular complexity index is 668. The highest BCUT2D eigenvalue weighted by Gasteiger charge is 2.30. The second-order valence-electron chi connectivity index (χ2n) is 6.56. The van der Waals surface area contributed by atoms with Crippen molar-refractivity contribution in [3.8, 4) is 0 Å². The van der Waals surface area contributed by atoms with Crippen molar-refractivity contribution in [1.29, 1.82) is 0 Å². The molecule has 130 valence electrons. The molecule has 2 aromatic rings. The molecule has 24 heavy (non-hydrogen) atoms. The zero-order valence-electron chi connectivity index (χ0n) is 14.7. The van der Waals surface area contributed by atoms with Crippen molar-refractivity contribution in [1.82, 2.24) is 19.8 Å². The van der Waals surface area contributed by atoms with E-state index in [4.69, 9.17) is 0 Å². The third-order valence-electron chi connectivity index (χ3n) is 5.04. The number of nitrogens with one attached hydrogen (secondary N) is 1. The average Bonchev–Trinajstić information content (AvgIpc) is 2.99. The van der Waals surface area contributed by atoms with Crippen LogP contribution in [0.25, 0.3) is 11.0 Å². The lowest BCUT2D eigenvalue weighted by atomic mass is 10.0. The number of aromatic amines is 1. The highest BCUT2D eigenvalue weighted by atomic mass is 32.2. The van der Waals surface area contributed by atoms with Gasteiger partial charge in [0.25, 0.3) is 0 Å². The smallest absolute Gasteiger partial charge is 0.222 e. The molecule has 3 rings (SSSR count). The largest absolute Gasteiger partial charge is 0.337 e. The number of likely N-dealkylation sites (N-methyl/N-ethyl adjacent to an activating group) is 1. The summed E-state index contributed by atoms with van der Waals surface area (Å²) in [5.41, 5.74) is 2.06. The molecule has 1 saturated heterocycles. The van der Waals surface area contributed by atoms with Crippen LogP contribution in [-0.4, -0.2) is 63.6 Å². The van der Waals surface area contributed by atoms with Crippen molar-refractivity contribution in [2.45, 2.75) is 43.9 Å². The second kappa shape index (κ2) is 7.57. The number of rotatable bonds is 5. The molecule has 5 nitrogen and oxygen atoms in total. The predicted molar refractivity (Wildman–Crippen MR) is 99.3 cm³/mol. The molecule has 1 aliphatic heterocycles. The van der Waals surface area contributed by atoms with Gasteiger partial charge in [0.05, 0.1) is 11.0 Å². The fourth-order valence-corrected chi connectivity index (χ4v) is 4.01. The number of hydrogen-bond donors (Lipinski definition) is 1. The number of para-hydroxylation sites is 2. The van der Waals surface area contributed by atoms with Crippen molar-refractivity contribution in [2.24, 2.45) is 0 Å². The van der Waals surface area contributed by atoms with Crippen LogP contribution >= 0.6 is 11.8 Å². The van der Waals surface area contributed by atoms with Crippen LogP contribution in [-0.2, 0) is 4.79 Å². The molecule has 0 radical (unpaired) electrons. The number of hydrogen-bond acceptors (Lipinski definition) is 4. The minimum atomic E-state index is 0.285. The summed E-state index contributed by atoms with van der Waals surface area (Å²) in [5.74, 6) is 1.19. The molecule has 6 heteroatoms. The van der Waals surface area contributed by atoms with Gasteiger partial charge in [-0.2, -0.15) is 0 Å². The van der Waals surface area contributed by atoms with Crippen molar-refractivity contribution in [3.63, 3.8) is 0 Å². The van der Waals surface area contributed by atoms with Crippen LogP contribution < -0.4 is 0 Å².